The highest BCUT2D eigenvalue weighted by molar-refractivity contribution is 6.14. The Hall–Kier alpha value is -2.37. The molecule has 2 aliphatic rings. The average molecular weight is 330 g/mol. The molecule has 1 heterocycles. The van der Waals surface area contributed by atoms with Crippen molar-refractivity contribution in [3.05, 3.63) is 24.3 Å². The second kappa shape index (κ2) is 6.26. The summed E-state index contributed by atoms with van der Waals surface area (Å²) in [4.78, 5) is 38.5. The van der Waals surface area contributed by atoms with Crippen molar-refractivity contribution in [3.8, 4) is 0 Å². The lowest BCUT2D eigenvalue weighted by Crippen LogP contribution is -2.59. The smallest absolute Gasteiger partial charge is 0.309 e. The van der Waals surface area contributed by atoms with Crippen LogP contribution >= 0.6 is 0 Å². The Balaban J connectivity index is 1.77. The zero-order valence-electron chi connectivity index (χ0n) is 14.0. The van der Waals surface area contributed by atoms with Gasteiger partial charge in [-0.15, -0.1) is 0 Å². The van der Waals surface area contributed by atoms with Gasteiger partial charge in [-0.25, -0.2) is 0 Å². The minimum absolute atomic E-state index is 0.0947. The fourth-order valence-corrected chi connectivity index (χ4v) is 3.38. The van der Waals surface area contributed by atoms with Gasteiger partial charge >= 0.3 is 5.97 Å². The van der Waals surface area contributed by atoms with Crippen molar-refractivity contribution in [3.63, 3.8) is 0 Å². The predicted octanol–water partition coefficient (Wildman–Crippen LogP) is 2.48. The molecule has 6 heteroatoms. The standard InChI is InChI=1S/C18H22N2O4/c1-18(2)17(23)19-13-9-5-6-10-14(13)20(18)15(21)11-24-16(22)12-7-3-4-8-12/h5-6,9-10,12H,3-4,7-8,11H2,1-2H3,(H,19,23). The van der Waals surface area contributed by atoms with Gasteiger partial charge in [0.2, 0.25) is 5.91 Å². The highest BCUT2D eigenvalue weighted by Crippen LogP contribution is 2.36. The molecule has 128 valence electrons. The lowest BCUT2D eigenvalue weighted by atomic mass is 9.96. The minimum atomic E-state index is -1.05. The number of para-hydroxylation sites is 2. The molecule has 1 N–H and O–H groups in total. The summed E-state index contributed by atoms with van der Waals surface area (Å²) >= 11 is 0. The van der Waals surface area contributed by atoms with Crippen LogP contribution in [0.2, 0.25) is 0 Å². The van der Waals surface area contributed by atoms with E-state index in [-0.39, 0.29) is 24.4 Å². The summed E-state index contributed by atoms with van der Waals surface area (Å²) in [5.41, 5.74) is 0.145. The van der Waals surface area contributed by atoms with Crippen LogP contribution in [0.25, 0.3) is 0 Å². The van der Waals surface area contributed by atoms with Crippen LogP contribution in [0.15, 0.2) is 24.3 Å². The molecule has 2 amide bonds. The molecular weight excluding hydrogens is 308 g/mol. The van der Waals surface area contributed by atoms with Crippen LogP contribution in [0.1, 0.15) is 39.5 Å². The maximum Gasteiger partial charge on any atom is 0.309 e. The summed E-state index contributed by atoms with van der Waals surface area (Å²) in [6, 6.07) is 7.11. The van der Waals surface area contributed by atoms with Crippen molar-refractivity contribution in [2.24, 2.45) is 5.92 Å². The monoisotopic (exact) mass is 330 g/mol. The Morgan fingerprint density at radius 3 is 2.62 bits per heavy atom. The van der Waals surface area contributed by atoms with E-state index in [2.05, 4.69) is 5.32 Å². The normalized spacial score (nSPS) is 19.6. The first kappa shape index (κ1) is 16.5. The number of hydrogen-bond donors (Lipinski definition) is 1. The maximum atomic E-state index is 12.7. The van der Waals surface area contributed by atoms with Crippen molar-refractivity contribution >= 4 is 29.2 Å². The van der Waals surface area contributed by atoms with E-state index in [9.17, 15) is 14.4 Å². The second-order valence-corrected chi connectivity index (χ2v) is 6.85. The third kappa shape index (κ3) is 2.88. The third-order valence-electron chi connectivity index (χ3n) is 4.78. The molecule has 6 nitrogen and oxygen atoms in total. The number of hydrogen-bond acceptors (Lipinski definition) is 4. The Morgan fingerprint density at radius 2 is 1.92 bits per heavy atom. The summed E-state index contributed by atoms with van der Waals surface area (Å²) in [5, 5.41) is 2.80. The first-order valence-electron chi connectivity index (χ1n) is 8.31. The molecular formula is C18H22N2O4. The van der Waals surface area contributed by atoms with Crippen LogP contribution in [0.3, 0.4) is 0 Å². The van der Waals surface area contributed by atoms with Gasteiger partial charge in [-0.1, -0.05) is 25.0 Å². The quantitative estimate of drug-likeness (QED) is 0.864. The molecule has 1 aromatic rings. The topological polar surface area (TPSA) is 75.7 Å². The zero-order chi connectivity index (χ0) is 17.3. The van der Waals surface area contributed by atoms with Gasteiger partial charge in [0.1, 0.15) is 5.54 Å². The number of benzene rings is 1. The number of nitrogens with zero attached hydrogens (tertiary/aromatic N) is 1. The Bertz CT molecular complexity index is 677. The Morgan fingerprint density at radius 1 is 1.25 bits per heavy atom. The lowest BCUT2D eigenvalue weighted by molar-refractivity contribution is -0.152. The van der Waals surface area contributed by atoms with E-state index in [4.69, 9.17) is 4.74 Å². The number of nitrogens with one attached hydrogen (secondary N) is 1. The second-order valence-electron chi connectivity index (χ2n) is 6.85. The lowest BCUT2D eigenvalue weighted by Gasteiger charge is -2.41. The number of esters is 1. The van der Waals surface area contributed by atoms with E-state index < -0.39 is 11.4 Å². The molecule has 0 unspecified atom stereocenters. The molecule has 0 saturated heterocycles. The molecule has 24 heavy (non-hydrogen) atoms. The van der Waals surface area contributed by atoms with Crippen molar-refractivity contribution in [1.29, 1.82) is 0 Å². The number of carbonyl (C=O) groups is 3. The van der Waals surface area contributed by atoms with Crippen LogP contribution in [-0.2, 0) is 19.1 Å². The fraction of sp³-hybridized carbons (Fsp3) is 0.500. The SMILES string of the molecule is CC1(C)C(=O)Nc2ccccc2N1C(=O)COC(=O)C1CCCC1. The van der Waals surface area contributed by atoms with Gasteiger partial charge in [0.05, 0.1) is 17.3 Å². The average Bonchev–Trinajstić information content (AvgIpc) is 3.08. The van der Waals surface area contributed by atoms with E-state index in [0.29, 0.717) is 11.4 Å². The van der Waals surface area contributed by atoms with E-state index in [0.717, 1.165) is 25.7 Å². The number of fused-ring (bicyclic) bond motifs is 1. The van der Waals surface area contributed by atoms with E-state index in [1.165, 1.54) is 4.90 Å². The maximum absolute atomic E-state index is 12.7. The number of amides is 2. The summed E-state index contributed by atoms with van der Waals surface area (Å²) < 4.78 is 5.22. The molecule has 0 bridgehead atoms. The summed E-state index contributed by atoms with van der Waals surface area (Å²) in [6.45, 7) is 3.00. The van der Waals surface area contributed by atoms with Crippen LogP contribution < -0.4 is 10.2 Å². The van der Waals surface area contributed by atoms with E-state index in [1.54, 1.807) is 38.1 Å². The zero-order valence-corrected chi connectivity index (χ0v) is 14.0. The van der Waals surface area contributed by atoms with Crippen LogP contribution in [0, 0.1) is 5.92 Å². The van der Waals surface area contributed by atoms with E-state index >= 15 is 0 Å². The molecule has 3 rings (SSSR count). The first-order chi connectivity index (χ1) is 11.4. The molecule has 1 aliphatic carbocycles. The van der Waals surface area contributed by atoms with Gasteiger partial charge in [-0.3, -0.25) is 19.3 Å². The Kier molecular flexibility index (Phi) is 4.30. The number of ether oxygens (including phenoxy) is 1. The summed E-state index contributed by atoms with van der Waals surface area (Å²) in [5.74, 6) is -1.07. The van der Waals surface area contributed by atoms with Crippen LogP contribution in [-0.4, -0.2) is 29.9 Å². The van der Waals surface area contributed by atoms with Gasteiger partial charge < -0.3 is 10.1 Å². The fourth-order valence-electron chi connectivity index (χ4n) is 3.38. The molecule has 1 saturated carbocycles. The van der Waals surface area contributed by atoms with Gasteiger partial charge in [-0.2, -0.15) is 0 Å². The predicted molar refractivity (Wildman–Crippen MR) is 89.6 cm³/mol. The van der Waals surface area contributed by atoms with Gasteiger partial charge in [0, 0.05) is 0 Å². The van der Waals surface area contributed by atoms with Crippen molar-refractivity contribution < 1.29 is 19.1 Å². The molecule has 1 aliphatic heterocycles. The van der Waals surface area contributed by atoms with Gasteiger partial charge in [0.15, 0.2) is 6.61 Å². The number of rotatable bonds is 3. The van der Waals surface area contributed by atoms with Crippen molar-refractivity contribution in [2.45, 2.75) is 45.1 Å². The largest absolute Gasteiger partial charge is 0.455 e. The van der Waals surface area contributed by atoms with Gasteiger partial charge in [0.25, 0.3) is 5.91 Å². The number of carbonyl (C=O) groups excluding carboxylic acids is 3. The highest BCUT2D eigenvalue weighted by atomic mass is 16.5. The van der Waals surface area contributed by atoms with Gasteiger partial charge in [-0.05, 0) is 38.8 Å². The molecule has 0 spiro atoms. The molecule has 0 atom stereocenters. The van der Waals surface area contributed by atoms with E-state index in [1.807, 2.05) is 0 Å². The summed E-state index contributed by atoms with van der Waals surface area (Å²) in [7, 11) is 0. The molecule has 0 radical (unpaired) electrons. The van der Waals surface area contributed by atoms with Crippen molar-refractivity contribution in [2.75, 3.05) is 16.8 Å². The summed E-state index contributed by atoms with van der Waals surface area (Å²) in [6.07, 6.45) is 3.71. The molecule has 0 aromatic heterocycles. The third-order valence-corrected chi connectivity index (χ3v) is 4.78. The Labute approximate surface area is 141 Å². The van der Waals surface area contributed by atoms with Crippen molar-refractivity contribution in [1.82, 2.24) is 0 Å². The molecule has 1 aromatic carbocycles. The highest BCUT2D eigenvalue weighted by Gasteiger charge is 2.43. The first-order valence-corrected chi connectivity index (χ1v) is 8.31. The van der Waals surface area contributed by atoms with Crippen LogP contribution in [0.5, 0.6) is 0 Å². The number of anilines is 2. The molecule has 1 fully saturated rings. The minimum Gasteiger partial charge on any atom is -0.455 e. The van der Waals surface area contributed by atoms with Crippen LogP contribution in [0.4, 0.5) is 11.4 Å².